The molecule has 0 amide bonds. The van der Waals surface area contributed by atoms with Crippen LogP contribution in [0.3, 0.4) is 0 Å². The molecule has 2 aliphatic rings. The topological polar surface area (TPSA) is 54.0 Å². The number of nitrogens with zero attached hydrogens (tertiary/aromatic N) is 4. The second-order valence-corrected chi connectivity index (χ2v) is 10.2. The van der Waals surface area contributed by atoms with E-state index in [0.29, 0.717) is 0 Å². The van der Waals surface area contributed by atoms with Crippen molar-refractivity contribution in [2.24, 2.45) is 0 Å². The summed E-state index contributed by atoms with van der Waals surface area (Å²) in [6.45, 7) is 2.22. The summed E-state index contributed by atoms with van der Waals surface area (Å²) in [6.07, 6.45) is 11.5. The van der Waals surface area contributed by atoms with Crippen molar-refractivity contribution < 1.29 is 16.5 Å². The SMILES string of the molecule is CCCCc1c2nc(c(-c3ccccc3)c3ccc(cc4nc(c(-c5ccccc5)c5ccc1[n-]5)C=C4)[n-]3)C=C2.[Ni+2]. The molecular weight excluding hydrogens is 547 g/mol. The van der Waals surface area contributed by atoms with Gasteiger partial charge in [0.15, 0.2) is 0 Å². The van der Waals surface area contributed by atoms with Gasteiger partial charge in [-0.1, -0.05) is 104 Å². The summed E-state index contributed by atoms with van der Waals surface area (Å²) >= 11 is 0. The third-order valence-corrected chi connectivity index (χ3v) is 7.45. The van der Waals surface area contributed by atoms with E-state index in [1.807, 2.05) is 18.2 Å². The number of aryl methyl sites for hydroxylation is 1. The third-order valence-electron chi connectivity index (χ3n) is 7.45. The summed E-state index contributed by atoms with van der Waals surface area (Å²) in [5.74, 6) is 0. The Labute approximate surface area is 249 Å². The molecular formula is C36H28N4Ni. The zero-order chi connectivity index (χ0) is 26.9. The van der Waals surface area contributed by atoms with Crippen LogP contribution in [0.2, 0.25) is 0 Å². The van der Waals surface area contributed by atoms with Crippen molar-refractivity contribution >= 4 is 46.4 Å². The van der Waals surface area contributed by atoms with Gasteiger partial charge in [-0.3, -0.25) is 0 Å². The van der Waals surface area contributed by atoms with E-state index < -0.39 is 0 Å². The van der Waals surface area contributed by atoms with Crippen LogP contribution >= 0.6 is 0 Å². The van der Waals surface area contributed by atoms with E-state index in [9.17, 15) is 0 Å². The van der Waals surface area contributed by atoms with Crippen molar-refractivity contribution in [2.75, 3.05) is 0 Å². The molecule has 0 atom stereocenters. The molecule has 0 saturated heterocycles. The van der Waals surface area contributed by atoms with Gasteiger partial charge in [-0.25, -0.2) is 9.97 Å². The third kappa shape index (κ3) is 5.21. The Bertz CT molecular complexity index is 1890. The summed E-state index contributed by atoms with van der Waals surface area (Å²) in [5, 5.41) is 0. The van der Waals surface area contributed by atoms with E-state index in [-0.39, 0.29) is 16.5 Å². The zero-order valence-electron chi connectivity index (χ0n) is 22.7. The van der Waals surface area contributed by atoms with Crippen LogP contribution in [-0.2, 0) is 22.9 Å². The van der Waals surface area contributed by atoms with Gasteiger partial charge in [0.25, 0.3) is 0 Å². The van der Waals surface area contributed by atoms with Gasteiger partial charge in [-0.2, -0.15) is 0 Å². The standard InChI is InChI=1S/C36H28N4.Ni/c1-2-3-14-28-29-19-21-33(39-29)35(24-10-6-4-7-11-24)31-17-15-26(37-31)23-27-16-18-32(38-27)36(25-12-8-5-9-13-25)34-22-20-30(28)40-34;/h4-13,15-23H,2-3,14H2,1H3;/q-2;+2. The minimum absolute atomic E-state index is 0. The predicted molar refractivity (Wildman–Crippen MR) is 166 cm³/mol. The molecule has 5 heterocycles. The van der Waals surface area contributed by atoms with Crippen LogP contribution in [0.25, 0.3) is 68.6 Å². The zero-order valence-corrected chi connectivity index (χ0v) is 23.7. The maximum atomic E-state index is 5.20. The Kier molecular flexibility index (Phi) is 7.54. The van der Waals surface area contributed by atoms with Crippen LogP contribution in [0, 0.1) is 0 Å². The molecule has 3 aromatic heterocycles. The number of fused-ring (bicyclic) bond motifs is 8. The normalized spacial score (nSPS) is 11.9. The first-order chi connectivity index (χ1) is 19.8. The van der Waals surface area contributed by atoms with Crippen LogP contribution in [0.4, 0.5) is 0 Å². The Morgan fingerprint density at radius 2 is 1.17 bits per heavy atom. The summed E-state index contributed by atoms with van der Waals surface area (Å²) in [7, 11) is 0. The molecule has 0 N–H and O–H groups in total. The van der Waals surface area contributed by atoms with Gasteiger partial charge >= 0.3 is 16.5 Å². The molecule has 7 rings (SSSR count). The van der Waals surface area contributed by atoms with Gasteiger partial charge < -0.3 is 9.97 Å². The first kappa shape index (κ1) is 26.7. The average molecular weight is 575 g/mol. The molecule has 0 fully saturated rings. The van der Waals surface area contributed by atoms with E-state index in [2.05, 4.69) is 104 Å². The van der Waals surface area contributed by atoms with E-state index in [1.54, 1.807) is 0 Å². The Balaban J connectivity index is 0.00000302. The van der Waals surface area contributed by atoms with Crippen LogP contribution in [-0.4, -0.2) is 9.97 Å². The maximum Gasteiger partial charge on any atom is 2.00 e. The quantitative estimate of drug-likeness (QED) is 0.193. The van der Waals surface area contributed by atoms with Crippen LogP contribution < -0.4 is 9.97 Å². The number of rotatable bonds is 5. The Morgan fingerprint density at radius 3 is 1.88 bits per heavy atom. The van der Waals surface area contributed by atoms with Gasteiger partial charge in [0.05, 0.1) is 22.8 Å². The van der Waals surface area contributed by atoms with E-state index in [1.165, 1.54) is 5.56 Å². The van der Waals surface area contributed by atoms with Gasteiger partial charge in [0.1, 0.15) is 0 Å². The minimum atomic E-state index is 0. The Morgan fingerprint density at radius 1 is 0.585 bits per heavy atom. The van der Waals surface area contributed by atoms with Crippen molar-refractivity contribution in [1.82, 2.24) is 19.9 Å². The molecule has 202 valence electrons. The molecule has 41 heavy (non-hydrogen) atoms. The molecule has 5 aromatic rings. The van der Waals surface area contributed by atoms with Crippen molar-refractivity contribution in [3.05, 3.63) is 119 Å². The van der Waals surface area contributed by atoms with Crippen LogP contribution in [0.5, 0.6) is 0 Å². The number of benzene rings is 2. The fraction of sp³-hybridized carbons (Fsp3) is 0.111. The van der Waals surface area contributed by atoms with Crippen molar-refractivity contribution in [1.29, 1.82) is 0 Å². The summed E-state index contributed by atoms with van der Waals surface area (Å²) in [6, 6.07) is 31.2. The number of hydrogen-bond acceptors (Lipinski definition) is 2. The molecule has 0 aliphatic carbocycles. The molecule has 0 spiro atoms. The van der Waals surface area contributed by atoms with Crippen molar-refractivity contribution in [3.63, 3.8) is 0 Å². The largest absolute Gasteiger partial charge is 2.00 e. The summed E-state index contributed by atoms with van der Waals surface area (Å²) in [5.41, 5.74) is 12.8. The number of hydrogen-bond donors (Lipinski definition) is 0. The first-order valence-corrected chi connectivity index (χ1v) is 13.9. The fourth-order valence-corrected chi connectivity index (χ4v) is 5.49. The predicted octanol–water partition coefficient (Wildman–Crippen LogP) is 8.59. The fourth-order valence-electron chi connectivity index (χ4n) is 5.49. The Hall–Kier alpha value is -4.47. The monoisotopic (exact) mass is 574 g/mol. The molecule has 4 nitrogen and oxygen atoms in total. The molecule has 0 radical (unpaired) electrons. The van der Waals surface area contributed by atoms with Crippen LogP contribution in [0.1, 0.15) is 48.1 Å². The van der Waals surface area contributed by atoms with Crippen molar-refractivity contribution in [2.45, 2.75) is 26.2 Å². The average Bonchev–Trinajstić information content (AvgIpc) is 3.81. The first-order valence-electron chi connectivity index (χ1n) is 13.9. The molecule has 2 aromatic carbocycles. The second kappa shape index (κ2) is 11.6. The molecule has 8 bridgehead atoms. The van der Waals surface area contributed by atoms with Crippen LogP contribution in [0.15, 0.2) is 91.0 Å². The summed E-state index contributed by atoms with van der Waals surface area (Å²) in [4.78, 5) is 20.5. The molecule has 0 saturated carbocycles. The maximum absolute atomic E-state index is 5.20. The van der Waals surface area contributed by atoms with Gasteiger partial charge in [-0.15, -0.1) is 22.1 Å². The minimum Gasteiger partial charge on any atom is -0.657 e. The second-order valence-electron chi connectivity index (χ2n) is 10.2. The smallest absolute Gasteiger partial charge is 0.657 e. The van der Waals surface area contributed by atoms with Crippen molar-refractivity contribution in [3.8, 4) is 22.3 Å². The van der Waals surface area contributed by atoms with Gasteiger partial charge in [0, 0.05) is 0 Å². The number of aromatic nitrogens is 4. The van der Waals surface area contributed by atoms with E-state index >= 15 is 0 Å². The van der Waals surface area contributed by atoms with E-state index in [0.717, 1.165) is 86.4 Å². The van der Waals surface area contributed by atoms with Gasteiger partial charge in [0.2, 0.25) is 0 Å². The van der Waals surface area contributed by atoms with Gasteiger partial charge in [-0.05, 0) is 65.0 Å². The number of unbranched alkanes of at least 4 members (excludes halogenated alkanes) is 1. The van der Waals surface area contributed by atoms with E-state index in [4.69, 9.17) is 19.9 Å². The molecule has 0 unspecified atom stereocenters. The molecule has 5 heteroatoms. The molecule has 2 aliphatic heterocycles. The summed E-state index contributed by atoms with van der Waals surface area (Å²) < 4.78 is 0.